The first-order valence-electron chi connectivity index (χ1n) is 10.2. The molecule has 7 nitrogen and oxygen atoms in total. The van der Waals surface area contributed by atoms with Gasteiger partial charge in [0, 0.05) is 17.3 Å². The Bertz CT molecular complexity index is 1350. The van der Waals surface area contributed by atoms with Crippen LogP contribution in [-0.2, 0) is 4.79 Å². The summed E-state index contributed by atoms with van der Waals surface area (Å²) >= 11 is 1.40. The molecule has 4 aromatic rings. The van der Waals surface area contributed by atoms with E-state index in [0.29, 0.717) is 16.9 Å². The first kappa shape index (κ1) is 27.7. The summed E-state index contributed by atoms with van der Waals surface area (Å²) < 4.78 is 73.8. The molecule has 0 amide bonds. The van der Waals surface area contributed by atoms with E-state index in [1.165, 1.54) is 29.8 Å². The molecular weight excluding hydrogens is 528 g/mol. The van der Waals surface area contributed by atoms with Gasteiger partial charge in [-0.2, -0.15) is 13.2 Å². The Morgan fingerprint density at radius 3 is 2.30 bits per heavy atom. The van der Waals surface area contributed by atoms with Crippen LogP contribution in [0.1, 0.15) is 11.7 Å². The maximum absolute atomic E-state index is 12.4. The zero-order valence-electron chi connectivity index (χ0n) is 18.4. The lowest BCUT2D eigenvalue weighted by atomic mass is 10.1. The van der Waals surface area contributed by atoms with Gasteiger partial charge in [0.05, 0.1) is 16.7 Å². The molecule has 3 N–H and O–H groups in total. The Labute approximate surface area is 209 Å². The van der Waals surface area contributed by atoms with Gasteiger partial charge in [-0.15, -0.1) is 24.5 Å². The first-order chi connectivity index (χ1) is 17.3. The van der Waals surface area contributed by atoms with E-state index in [1.807, 2.05) is 30.3 Å². The molecule has 0 radical (unpaired) electrons. The van der Waals surface area contributed by atoms with Crippen LogP contribution in [0, 0.1) is 0 Å². The number of alkyl halides is 6. The number of thiophene rings is 1. The van der Waals surface area contributed by atoms with E-state index in [9.17, 15) is 31.4 Å². The van der Waals surface area contributed by atoms with Crippen LogP contribution in [0.15, 0.2) is 67.0 Å². The molecule has 0 fully saturated rings. The number of ether oxygens (including phenoxy) is 1. The minimum atomic E-state index is -5.08. The summed E-state index contributed by atoms with van der Waals surface area (Å²) in [5.41, 5.74) is 1.42. The number of rotatable bonds is 6. The largest absolute Gasteiger partial charge is 0.573 e. The summed E-state index contributed by atoms with van der Waals surface area (Å²) in [4.78, 5) is 18.1. The number of fused-ring (bicyclic) bond motifs is 1. The van der Waals surface area contributed by atoms with Crippen LogP contribution in [0.2, 0.25) is 0 Å². The van der Waals surface area contributed by atoms with Crippen LogP contribution in [0.25, 0.3) is 20.7 Å². The zero-order valence-corrected chi connectivity index (χ0v) is 19.2. The molecule has 0 bridgehead atoms. The predicted molar refractivity (Wildman–Crippen MR) is 123 cm³/mol. The number of aliphatic carboxylic acids is 1. The topological polar surface area (TPSA) is 105 Å². The van der Waals surface area contributed by atoms with Crippen molar-refractivity contribution in [3.63, 3.8) is 0 Å². The van der Waals surface area contributed by atoms with Gasteiger partial charge < -0.3 is 20.3 Å². The fourth-order valence-corrected chi connectivity index (χ4v) is 3.94. The minimum absolute atomic E-state index is 0.265. The number of carboxylic acids is 1. The van der Waals surface area contributed by atoms with E-state index < -0.39 is 24.6 Å². The molecule has 2 aromatic heterocycles. The third-order valence-corrected chi connectivity index (χ3v) is 5.68. The van der Waals surface area contributed by atoms with Gasteiger partial charge in [-0.25, -0.2) is 14.8 Å². The van der Waals surface area contributed by atoms with Crippen LogP contribution >= 0.6 is 11.3 Å². The number of nitrogens with zero attached hydrogens (tertiary/aromatic N) is 2. The van der Waals surface area contributed by atoms with Gasteiger partial charge in [-0.05, 0) is 35.2 Å². The lowest BCUT2D eigenvalue weighted by Crippen LogP contribution is -2.21. The number of carboxylic acid groups (broad SMARTS) is 1. The standard InChI is InChI=1S/C21H16F3N3O2S.C2HF3O2/c22-21(23,24)29-15-6-7-18-14(8-15)9-19(30-18)16-10-20(27-12-26-16)25-11-17(28)13-4-2-1-3-5-13;3-2(4,5)1(6)7/h1-10,12,17,28H,11H2,(H,25,26,27);(H,6,7)/t17-;/m0./s1. The third kappa shape index (κ3) is 8.32. The van der Waals surface area contributed by atoms with E-state index >= 15 is 0 Å². The van der Waals surface area contributed by atoms with Gasteiger partial charge in [-0.3, -0.25) is 0 Å². The summed E-state index contributed by atoms with van der Waals surface area (Å²) in [7, 11) is 0. The Morgan fingerprint density at radius 2 is 1.68 bits per heavy atom. The van der Waals surface area contributed by atoms with Crippen molar-refractivity contribution in [1.82, 2.24) is 9.97 Å². The Morgan fingerprint density at radius 1 is 1.00 bits per heavy atom. The van der Waals surface area contributed by atoms with Crippen molar-refractivity contribution < 1.29 is 46.1 Å². The van der Waals surface area contributed by atoms with Crippen LogP contribution in [0.5, 0.6) is 5.75 Å². The number of aromatic nitrogens is 2. The molecule has 2 aromatic carbocycles. The predicted octanol–water partition coefficient (Wildman–Crippen LogP) is 6.04. The second kappa shape index (κ2) is 11.4. The lowest BCUT2D eigenvalue weighted by molar-refractivity contribution is -0.274. The van der Waals surface area contributed by atoms with Crippen molar-refractivity contribution in [2.75, 3.05) is 11.9 Å². The molecule has 0 aliphatic carbocycles. The quantitative estimate of drug-likeness (QED) is 0.254. The lowest BCUT2D eigenvalue weighted by Gasteiger charge is -2.12. The van der Waals surface area contributed by atoms with E-state index in [0.717, 1.165) is 15.1 Å². The van der Waals surface area contributed by atoms with E-state index in [2.05, 4.69) is 20.0 Å². The van der Waals surface area contributed by atoms with Crippen molar-refractivity contribution in [1.29, 1.82) is 0 Å². The van der Waals surface area contributed by atoms with Gasteiger partial charge in [0.25, 0.3) is 0 Å². The van der Waals surface area contributed by atoms with E-state index in [1.54, 1.807) is 18.2 Å². The van der Waals surface area contributed by atoms with Crippen LogP contribution in [0.4, 0.5) is 32.2 Å². The second-order valence-electron chi connectivity index (χ2n) is 7.26. The number of aliphatic hydroxyl groups excluding tert-OH is 1. The summed E-state index contributed by atoms with van der Waals surface area (Å²) in [6.07, 6.45) is -9.11. The van der Waals surface area contributed by atoms with Gasteiger partial charge in [-0.1, -0.05) is 30.3 Å². The van der Waals surface area contributed by atoms with Crippen LogP contribution in [-0.4, -0.2) is 45.2 Å². The first-order valence-corrected chi connectivity index (χ1v) is 11.0. The molecule has 2 heterocycles. The fourth-order valence-electron chi connectivity index (χ4n) is 2.93. The molecule has 0 saturated heterocycles. The van der Waals surface area contributed by atoms with Crippen molar-refractivity contribution in [3.05, 3.63) is 72.6 Å². The minimum Gasteiger partial charge on any atom is -0.475 e. The van der Waals surface area contributed by atoms with Crippen molar-refractivity contribution in [2.45, 2.75) is 18.6 Å². The number of hydrogen-bond donors (Lipinski definition) is 3. The van der Waals surface area contributed by atoms with Gasteiger partial charge in [0.2, 0.25) is 0 Å². The summed E-state index contributed by atoms with van der Waals surface area (Å²) in [5, 5.41) is 21.1. The maximum atomic E-state index is 12.4. The molecule has 1 atom stereocenters. The number of halogens is 6. The Hall–Kier alpha value is -3.91. The number of anilines is 1. The van der Waals surface area contributed by atoms with Crippen molar-refractivity contribution in [2.24, 2.45) is 0 Å². The summed E-state index contributed by atoms with van der Waals surface area (Å²) in [6, 6.07) is 17.0. The summed E-state index contributed by atoms with van der Waals surface area (Å²) in [6.45, 7) is 0.269. The Balaban J connectivity index is 0.000000479. The highest BCUT2D eigenvalue weighted by Crippen LogP contribution is 2.36. The monoisotopic (exact) mass is 545 g/mol. The molecular formula is C23H17F6N3O4S. The number of hydrogen-bond acceptors (Lipinski definition) is 7. The van der Waals surface area contributed by atoms with E-state index in [-0.39, 0.29) is 12.3 Å². The van der Waals surface area contributed by atoms with Crippen LogP contribution in [0.3, 0.4) is 0 Å². The van der Waals surface area contributed by atoms with Crippen molar-refractivity contribution in [3.8, 4) is 16.3 Å². The number of carbonyl (C=O) groups is 1. The second-order valence-corrected chi connectivity index (χ2v) is 8.34. The number of benzene rings is 2. The fraction of sp³-hybridized carbons (Fsp3) is 0.174. The molecule has 196 valence electrons. The third-order valence-electron chi connectivity index (χ3n) is 4.54. The normalized spacial score (nSPS) is 12.4. The number of nitrogens with one attached hydrogen (secondary N) is 1. The SMILES string of the molecule is O=C(O)C(F)(F)F.O[C@@H](CNc1cc(-c2cc3cc(OC(F)(F)F)ccc3s2)ncn1)c1ccccc1. The number of aliphatic hydroxyl groups is 1. The van der Waals surface area contributed by atoms with Crippen molar-refractivity contribution >= 4 is 33.2 Å². The highest BCUT2D eigenvalue weighted by atomic mass is 32.1. The Kier molecular flexibility index (Phi) is 8.55. The smallest absolute Gasteiger partial charge is 0.475 e. The molecule has 0 aliphatic heterocycles. The molecule has 37 heavy (non-hydrogen) atoms. The molecule has 0 unspecified atom stereocenters. The molecule has 4 rings (SSSR count). The molecule has 14 heteroatoms. The van der Waals surface area contributed by atoms with E-state index in [4.69, 9.17) is 9.90 Å². The highest BCUT2D eigenvalue weighted by Gasteiger charge is 2.38. The molecule has 0 aliphatic rings. The average molecular weight is 545 g/mol. The van der Waals surface area contributed by atoms with Crippen LogP contribution < -0.4 is 10.1 Å². The van der Waals surface area contributed by atoms with Gasteiger partial charge >= 0.3 is 18.5 Å². The average Bonchev–Trinajstić information content (AvgIpc) is 3.25. The zero-order chi connectivity index (χ0) is 27.2. The summed E-state index contributed by atoms with van der Waals surface area (Å²) in [5.74, 6) is -2.49. The highest BCUT2D eigenvalue weighted by molar-refractivity contribution is 7.22. The van der Waals surface area contributed by atoms with Gasteiger partial charge in [0.1, 0.15) is 17.9 Å². The molecule has 0 saturated carbocycles. The van der Waals surface area contributed by atoms with Gasteiger partial charge in [0.15, 0.2) is 0 Å². The maximum Gasteiger partial charge on any atom is 0.573 e. The molecule has 0 spiro atoms.